The van der Waals surface area contributed by atoms with E-state index in [0.29, 0.717) is 14.7 Å². The average molecular weight is 811 g/mol. The molecule has 5 rings (SSSR count). The van der Waals surface area contributed by atoms with Gasteiger partial charge in [-0.1, -0.05) is 69.7 Å². The second kappa shape index (κ2) is 14.4. The molecule has 1 unspecified atom stereocenters. The second-order valence-corrected chi connectivity index (χ2v) is 15.3. The predicted octanol–water partition coefficient (Wildman–Crippen LogP) is 4.11. The summed E-state index contributed by atoms with van der Waals surface area (Å²) in [5, 5.41) is 24.1. The number of anilines is 1. The molecule has 6 atom stereocenters. The number of nitrogen functional groups attached to an aromatic ring is 1. The summed E-state index contributed by atoms with van der Waals surface area (Å²) in [6.45, 7) is 10.7. The fraction of sp³-hybridized carbons (Fsp3) is 0.500. The van der Waals surface area contributed by atoms with Crippen molar-refractivity contribution >= 4 is 64.6 Å². The van der Waals surface area contributed by atoms with E-state index < -0.39 is 44.2 Å². The SMILES string of the molecule is COc1nc(N)nc2c1nc(I)n2[C@@H]1O[C@H](COc2ccc3ccccc3c2O[P+]([O-])=N[C@H](C(=O)OCC(C)(C)C)C(C)C)[C@@H](O)[C@@]1(C)O. The average Bonchev–Trinajstić information content (AvgIpc) is 3.47. The lowest BCUT2D eigenvalue weighted by molar-refractivity contribution is -0.170. The van der Waals surface area contributed by atoms with Gasteiger partial charge in [-0.25, -0.2) is 9.78 Å². The minimum atomic E-state index is -2.76. The van der Waals surface area contributed by atoms with Crippen LogP contribution in [0.25, 0.3) is 21.9 Å². The maximum atomic E-state index is 13.4. The van der Waals surface area contributed by atoms with Crippen LogP contribution < -0.4 is 24.6 Å². The molecule has 0 bridgehead atoms. The summed E-state index contributed by atoms with van der Waals surface area (Å²) in [4.78, 5) is 39.1. The van der Waals surface area contributed by atoms with Crippen LogP contribution in [-0.4, -0.2) is 79.9 Å². The van der Waals surface area contributed by atoms with Crippen molar-refractivity contribution in [3.8, 4) is 17.4 Å². The highest BCUT2D eigenvalue weighted by Crippen LogP contribution is 2.44. The lowest BCUT2D eigenvalue weighted by Gasteiger charge is -2.27. The van der Waals surface area contributed by atoms with Gasteiger partial charge in [0.1, 0.15) is 24.4 Å². The summed E-state index contributed by atoms with van der Waals surface area (Å²) >= 11 is 1.96. The standard InChI is InChI=1S/C32H40IN6O9P/c1-16(2)21(27(41)46-15-31(3,4)5)38-49(43)48-23-18-11-9-8-10-17(18)12-13-19(23)45-14-20-24(40)32(6,42)28(47-20)39-25-22(35-29(39)33)26(44-7)37-30(34)36-25/h8-13,16,20-21,24,28,40,42H,14-15H2,1-7H3,(H2,34,36,37)/t20-,21+,24-,28-,32-/m1/s1. The summed E-state index contributed by atoms with van der Waals surface area (Å²) in [6, 6.07) is 9.67. The number of carbonyl (C=O) groups excluding carboxylic acids is 1. The van der Waals surface area contributed by atoms with Crippen molar-refractivity contribution < 1.29 is 43.4 Å². The third-order valence-corrected chi connectivity index (χ3v) is 9.36. The van der Waals surface area contributed by atoms with Crippen LogP contribution in [0.5, 0.6) is 17.4 Å². The maximum Gasteiger partial charge on any atom is 0.395 e. The van der Waals surface area contributed by atoms with E-state index in [9.17, 15) is 19.9 Å². The number of esters is 1. The van der Waals surface area contributed by atoms with E-state index in [0.717, 1.165) is 5.39 Å². The van der Waals surface area contributed by atoms with E-state index >= 15 is 0 Å². The molecule has 0 amide bonds. The van der Waals surface area contributed by atoms with Crippen molar-refractivity contribution in [2.24, 2.45) is 16.1 Å². The Bertz CT molecular complexity index is 1880. The molecule has 1 aliphatic heterocycles. The molecule has 1 fully saturated rings. The number of aliphatic hydroxyl groups is 2. The molecule has 1 aliphatic rings. The summed E-state index contributed by atoms with van der Waals surface area (Å²) in [7, 11) is -1.34. The Labute approximate surface area is 297 Å². The summed E-state index contributed by atoms with van der Waals surface area (Å²) in [5.74, 6) is -0.518. The fourth-order valence-corrected chi connectivity index (χ4v) is 6.95. The molecular formula is C32H40IN6O9P. The Morgan fingerprint density at radius 2 is 1.94 bits per heavy atom. The van der Waals surface area contributed by atoms with Crippen LogP contribution in [0, 0.1) is 15.2 Å². The van der Waals surface area contributed by atoms with Gasteiger partial charge in [0, 0.05) is 28.0 Å². The summed E-state index contributed by atoms with van der Waals surface area (Å²) in [6.07, 6.45) is -3.62. The van der Waals surface area contributed by atoms with Gasteiger partial charge >= 0.3 is 14.1 Å². The molecule has 0 aliphatic carbocycles. The number of nitrogens with two attached hydrogens (primary N) is 1. The first-order chi connectivity index (χ1) is 23.0. The maximum absolute atomic E-state index is 13.4. The number of carbonyl (C=O) groups is 1. The molecule has 49 heavy (non-hydrogen) atoms. The molecule has 0 spiro atoms. The molecule has 4 N–H and O–H groups in total. The molecule has 1 saturated heterocycles. The number of hydrogen-bond donors (Lipinski definition) is 3. The first-order valence-electron chi connectivity index (χ1n) is 15.5. The van der Waals surface area contributed by atoms with Gasteiger partial charge in [0.05, 0.1) is 13.7 Å². The number of imidazole rings is 1. The van der Waals surface area contributed by atoms with Gasteiger partial charge in [0.25, 0.3) is 0 Å². The zero-order valence-corrected chi connectivity index (χ0v) is 31.2. The number of nitrogens with zero attached hydrogens (tertiary/aromatic N) is 5. The van der Waals surface area contributed by atoms with Gasteiger partial charge in [-0.15, -0.1) is 0 Å². The van der Waals surface area contributed by atoms with E-state index in [1.54, 1.807) is 38.1 Å². The summed E-state index contributed by atoms with van der Waals surface area (Å²) in [5.41, 5.74) is 4.37. The number of halogens is 1. The predicted molar refractivity (Wildman–Crippen MR) is 188 cm³/mol. The van der Waals surface area contributed by atoms with Crippen molar-refractivity contribution in [1.82, 2.24) is 19.5 Å². The van der Waals surface area contributed by atoms with Crippen LogP contribution in [0.1, 0.15) is 47.8 Å². The minimum Gasteiger partial charge on any atom is -0.575 e. The number of fused-ring (bicyclic) bond motifs is 2. The molecule has 4 aromatic rings. The van der Waals surface area contributed by atoms with Gasteiger partial charge < -0.3 is 39.8 Å². The quantitative estimate of drug-likeness (QED) is 0.0845. The number of hydrogen-bond acceptors (Lipinski definition) is 14. The van der Waals surface area contributed by atoms with Gasteiger partial charge in [-0.3, -0.25) is 9.09 Å². The molecule has 0 saturated carbocycles. The Kier molecular flexibility index (Phi) is 10.9. The second-order valence-electron chi connectivity index (χ2n) is 13.4. The van der Waals surface area contributed by atoms with Gasteiger partial charge in [0.2, 0.25) is 17.6 Å². The van der Waals surface area contributed by atoms with Crippen molar-refractivity contribution in [3.63, 3.8) is 0 Å². The highest BCUT2D eigenvalue weighted by molar-refractivity contribution is 14.1. The number of methoxy groups -OCH3 is 1. The third kappa shape index (κ3) is 7.84. The number of rotatable bonds is 11. The van der Waals surface area contributed by atoms with E-state index in [1.165, 1.54) is 18.6 Å². The molecule has 2 aromatic heterocycles. The van der Waals surface area contributed by atoms with Crippen LogP contribution in [0.15, 0.2) is 41.1 Å². The number of ether oxygens (including phenoxy) is 4. The van der Waals surface area contributed by atoms with Gasteiger partial charge in [-0.2, -0.15) is 9.97 Å². The molecule has 15 nitrogen and oxygen atoms in total. The molecule has 264 valence electrons. The molecule has 0 radical (unpaired) electrons. The van der Waals surface area contributed by atoms with Crippen LogP contribution in [-0.2, 0) is 14.3 Å². The van der Waals surface area contributed by atoms with Crippen molar-refractivity contribution in [1.29, 1.82) is 0 Å². The van der Waals surface area contributed by atoms with Gasteiger partial charge in [0.15, 0.2) is 33.0 Å². The van der Waals surface area contributed by atoms with Gasteiger partial charge in [-0.05, 0) is 29.7 Å². The molecule has 2 aromatic carbocycles. The van der Waals surface area contributed by atoms with Crippen LogP contribution in [0.4, 0.5) is 5.95 Å². The molecule has 17 heteroatoms. The molecular weight excluding hydrogens is 770 g/mol. The number of aliphatic hydroxyl groups excluding tert-OH is 1. The van der Waals surface area contributed by atoms with Crippen LogP contribution in [0.3, 0.4) is 0 Å². The Morgan fingerprint density at radius 1 is 1.22 bits per heavy atom. The lowest BCUT2D eigenvalue weighted by atomic mass is 9.96. The third-order valence-electron chi connectivity index (χ3n) is 7.82. The van der Waals surface area contributed by atoms with Crippen molar-refractivity contribution in [2.75, 3.05) is 26.1 Å². The monoisotopic (exact) mass is 810 g/mol. The van der Waals surface area contributed by atoms with Crippen LogP contribution >= 0.6 is 30.8 Å². The first kappa shape index (κ1) is 36.9. The Hall–Kier alpha value is -3.41. The highest BCUT2D eigenvalue weighted by atomic mass is 127. The molecule has 3 heterocycles. The highest BCUT2D eigenvalue weighted by Gasteiger charge is 2.54. The zero-order chi connectivity index (χ0) is 35.8. The van der Waals surface area contributed by atoms with E-state index in [-0.39, 0.29) is 53.5 Å². The number of benzene rings is 2. The fourth-order valence-electron chi connectivity index (χ4n) is 5.27. The van der Waals surface area contributed by atoms with Crippen molar-refractivity contribution in [2.45, 2.75) is 71.6 Å². The zero-order valence-electron chi connectivity index (χ0n) is 28.2. The first-order valence-corrected chi connectivity index (χ1v) is 17.7. The van der Waals surface area contributed by atoms with Crippen LogP contribution in [0.2, 0.25) is 0 Å². The van der Waals surface area contributed by atoms with Crippen molar-refractivity contribution in [3.05, 3.63) is 40.2 Å². The minimum absolute atomic E-state index is 0.0737. The smallest absolute Gasteiger partial charge is 0.395 e. The Morgan fingerprint density at radius 3 is 2.61 bits per heavy atom. The van der Waals surface area contributed by atoms with E-state index in [1.807, 2.05) is 55.5 Å². The van der Waals surface area contributed by atoms with E-state index in [4.69, 9.17) is 29.2 Å². The van der Waals surface area contributed by atoms with E-state index in [2.05, 4.69) is 19.7 Å². The largest absolute Gasteiger partial charge is 0.575 e. The topological polar surface area (TPSA) is 209 Å². The summed E-state index contributed by atoms with van der Waals surface area (Å²) < 4.78 is 35.1. The Balaban J connectivity index is 1.41. The normalized spacial score (nSPS) is 22.1. The number of aromatic nitrogens is 4. The lowest BCUT2D eigenvalue weighted by Crippen LogP contribution is -2.45.